The first-order valence-corrected chi connectivity index (χ1v) is 10.7. The Labute approximate surface area is 157 Å². The first kappa shape index (κ1) is 20.2. The lowest BCUT2D eigenvalue weighted by Crippen LogP contribution is -2.39. The van der Waals surface area contributed by atoms with Crippen LogP contribution in [-0.4, -0.2) is 48.1 Å². The van der Waals surface area contributed by atoms with Gasteiger partial charge in [-0.05, 0) is 59.0 Å². The molecule has 5 nitrogen and oxygen atoms in total. The quantitative estimate of drug-likeness (QED) is 0.400. The van der Waals surface area contributed by atoms with Crippen LogP contribution in [0.3, 0.4) is 0 Å². The molecule has 1 fully saturated rings. The molecule has 1 aromatic heterocycles. The standard InChI is InChI=1S/C19H35N5S/c1-4-17-14-22-18(25-17)15-23-19(20-5-2)21-11-7-9-13-24-12-8-6-10-16(24)3/h14,16H,4-13,15H2,1-3H3,(H2,20,21,23). The van der Waals surface area contributed by atoms with E-state index in [2.05, 4.69) is 46.3 Å². The summed E-state index contributed by atoms with van der Waals surface area (Å²) in [6.45, 7) is 11.7. The van der Waals surface area contributed by atoms with Crippen LogP contribution in [0.2, 0.25) is 0 Å². The van der Waals surface area contributed by atoms with Crippen molar-refractivity contribution in [3.63, 3.8) is 0 Å². The van der Waals surface area contributed by atoms with Crippen LogP contribution >= 0.6 is 11.3 Å². The Morgan fingerprint density at radius 1 is 1.32 bits per heavy atom. The Kier molecular flexibility index (Phi) is 9.26. The van der Waals surface area contributed by atoms with Gasteiger partial charge in [-0.3, -0.25) is 0 Å². The molecular formula is C19H35N5S. The number of unbranched alkanes of at least 4 members (excludes halogenated alkanes) is 1. The maximum atomic E-state index is 4.66. The third-order valence-corrected chi connectivity index (χ3v) is 5.90. The number of aromatic nitrogens is 1. The number of thiazole rings is 1. The predicted molar refractivity (Wildman–Crippen MR) is 108 cm³/mol. The van der Waals surface area contributed by atoms with Gasteiger partial charge in [0.25, 0.3) is 0 Å². The number of rotatable bonds is 9. The van der Waals surface area contributed by atoms with E-state index in [1.165, 1.54) is 50.1 Å². The number of aryl methyl sites for hydroxylation is 1. The van der Waals surface area contributed by atoms with Crippen LogP contribution in [0.1, 0.15) is 62.8 Å². The van der Waals surface area contributed by atoms with Gasteiger partial charge in [0, 0.05) is 30.2 Å². The van der Waals surface area contributed by atoms with Gasteiger partial charge in [-0.25, -0.2) is 9.98 Å². The molecule has 0 spiro atoms. The molecule has 0 saturated carbocycles. The van der Waals surface area contributed by atoms with Crippen molar-refractivity contribution < 1.29 is 0 Å². The van der Waals surface area contributed by atoms with Crippen LogP contribution in [0.25, 0.3) is 0 Å². The third-order valence-electron chi connectivity index (χ3n) is 4.77. The van der Waals surface area contributed by atoms with Crippen LogP contribution in [0.4, 0.5) is 0 Å². The van der Waals surface area contributed by atoms with E-state index < -0.39 is 0 Å². The molecule has 1 saturated heterocycles. The number of hydrogen-bond acceptors (Lipinski definition) is 4. The van der Waals surface area contributed by atoms with Gasteiger partial charge in [0.05, 0.1) is 6.54 Å². The van der Waals surface area contributed by atoms with Crippen molar-refractivity contribution in [2.24, 2.45) is 4.99 Å². The van der Waals surface area contributed by atoms with E-state index in [1.54, 1.807) is 11.3 Å². The molecular weight excluding hydrogens is 330 g/mol. The molecule has 0 bridgehead atoms. The van der Waals surface area contributed by atoms with Gasteiger partial charge >= 0.3 is 0 Å². The lowest BCUT2D eigenvalue weighted by Gasteiger charge is -2.33. The molecule has 1 unspecified atom stereocenters. The fraction of sp³-hybridized carbons (Fsp3) is 0.789. The number of piperidine rings is 1. The third kappa shape index (κ3) is 7.32. The fourth-order valence-corrected chi connectivity index (χ4v) is 4.00. The predicted octanol–water partition coefficient (Wildman–Crippen LogP) is 3.42. The van der Waals surface area contributed by atoms with Gasteiger partial charge in [0.1, 0.15) is 5.01 Å². The average Bonchev–Trinajstić information content (AvgIpc) is 3.09. The number of guanidine groups is 1. The van der Waals surface area contributed by atoms with Crippen molar-refractivity contribution in [2.45, 2.75) is 71.9 Å². The minimum Gasteiger partial charge on any atom is -0.357 e. The summed E-state index contributed by atoms with van der Waals surface area (Å²) < 4.78 is 0. The zero-order valence-corrected chi connectivity index (χ0v) is 17.0. The Balaban J connectivity index is 1.67. The first-order chi connectivity index (χ1) is 12.2. The lowest BCUT2D eigenvalue weighted by atomic mass is 10.0. The highest BCUT2D eigenvalue weighted by Crippen LogP contribution is 2.16. The number of nitrogens with one attached hydrogen (secondary N) is 2. The minimum atomic E-state index is 0.658. The maximum Gasteiger partial charge on any atom is 0.191 e. The molecule has 2 rings (SSSR count). The summed E-state index contributed by atoms with van der Waals surface area (Å²) in [6, 6.07) is 0.770. The summed E-state index contributed by atoms with van der Waals surface area (Å²) in [7, 11) is 0. The van der Waals surface area contributed by atoms with E-state index in [4.69, 9.17) is 0 Å². The van der Waals surface area contributed by atoms with Crippen LogP contribution in [0, 0.1) is 0 Å². The number of nitrogens with zero attached hydrogens (tertiary/aromatic N) is 3. The number of aliphatic imine (C=N–C) groups is 1. The molecule has 0 amide bonds. The molecule has 1 atom stereocenters. The van der Waals surface area contributed by atoms with Crippen molar-refractivity contribution in [1.29, 1.82) is 0 Å². The second-order valence-corrected chi connectivity index (χ2v) is 7.98. The minimum absolute atomic E-state index is 0.658. The SMILES string of the molecule is CCNC(=NCc1ncc(CC)s1)NCCCCN1CCCCC1C. The topological polar surface area (TPSA) is 52.6 Å². The van der Waals surface area contributed by atoms with Crippen molar-refractivity contribution in [1.82, 2.24) is 20.5 Å². The van der Waals surface area contributed by atoms with E-state index in [9.17, 15) is 0 Å². The molecule has 0 aromatic carbocycles. The molecule has 25 heavy (non-hydrogen) atoms. The summed E-state index contributed by atoms with van der Waals surface area (Å²) in [5.74, 6) is 0.905. The Bertz CT molecular complexity index is 514. The molecule has 2 N–H and O–H groups in total. The Morgan fingerprint density at radius 3 is 2.92 bits per heavy atom. The van der Waals surface area contributed by atoms with Crippen molar-refractivity contribution >= 4 is 17.3 Å². The number of likely N-dealkylation sites (tertiary alicyclic amines) is 1. The summed E-state index contributed by atoms with van der Waals surface area (Å²) >= 11 is 1.76. The molecule has 0 radical (unpaired) electrons. The Hall–Kier alpha value is -1.14. The Morgan fingerprint density at radius 2 is 2.20 bits per heavy atom. The molecule has 2 heterocycles. The molecule has 6 heteroatoms. The highest BCUT2D eigenvalue weighted by molar-refractivity contribution is 7.11. The highest BCUT2D eigenvalue weighted by atomic mass is 32.1. The van der Waals surface area contributed by atoms with Crippen LogP contribution in [0.15, 0.2) is 11.2 Å². The molecule has 0 aliphatic carbocycles. The lowest BCUT2D eigenvalue weighted by molar-refractivity contribution is 0.158. The first-order valence-electron chi connectivity index (χ1n) is 9.92. The molecule has 1 aromatic rings. The van der Waals surface area contributed by atoms with Gasteiger partial charge in [0.15, 0.2) is 5.96 Å². The summed E-state index contributed by atoms with van der Waals surface area (Å²) in [5.41, 5.74) is 0. The van der Waals surface area contributed by atoms with Gasteiger partial charge in [-0.15, -0.1) is 11.3 Å². The number of hydrogen-bond donors (Lipinski definition) is 2. The van der Waals surface area contributed by atoms with Crippen molar-refractivity contribution in [2.75, 3.05) is 26.2 Å². The smallest absolute Gasteiger partial charge is 0.191 e. The molecule has 142 valence electrons. The van der Waals surface area contributed by atoms with Crippen LogP contribution in [0.5, 0.6) is 0 Å². The summed E-state index contributed by atoms with van der Waals surface area (Å²) in [4.78, 5) is 13.1. The average molecular weight is 366 g/mol. The van der Waals surface area contributed by atoms with Gasteiger partial charge in [-0.1, -0.05) is 13.3 Å². The molecule has 1 aliphatic rings. The van der Waals surface area contributed by atoms with Crippen LogP contribution < -0.4 is 10.6 Å². The maximum absolute atomic E-state index is 4.66. The van der Waals surface area contributed by atoms with Gasteiger partial charge < -0.3 is 15.5 Å². The molecule has 1 aliphatic heterocycles. The second kappa shape index (κ2) is 11.5. The van der Waals surface area contributed by atoms with E-state index in [-0.39, 0.29) is 0 Å². The fourth-order valence-electron chi connectivity index (χ4n) is 3.21. The highest BCUT2D eigenvalue weighted by Gasteiger charge is 2.16. The van der Waals surface area contributed by atoms with Gasteiger partial charge in [-0.2, -0.15) is 0 Å². The van der Waals surface area contributed by atoms with Crippen LogP contribution in [-0.2, 0) is 13.0 Å². The summed E-state index contributed by atoms with van der Waals surface area (Å²) in [5, 5.41) is 7.88. The van der Waals surface area contributed by atoms with E-state index in [0.717, 1.165) is 36.5 Å². The van der Waals surface area contributed by atoms with Gasteiger partial charge in [0.2, 0.25) is 0 Å². The zero-order valence-electron chi connectivity index (χ0n) is 16.2. The monoisotopic (exact) mass is 365 g/mol. The normalized spacial score (nSPS) is 19.2. The largest absolute Gasteiger partial charge is 0.357 e. The van der Waals surface area contributed by atoms with E-state index in [0.29, 0.717) is 6.54 Å². The second-order valence-electron chi connectivity index (χ2n) is 6.78. The van der Waals surface area contributed by atoms with Crippen molar-refractivity contribution in [3.8, 4) is 0 Å². The van der Waals surface area contributed by atoms with Crippen molar-refractivity contribution in [3.05, 3.63) is 16.1 Å². The summed E-state index contributed by atoms with van der Waals surface area (Å²) in [6.07, 6.45) is 9.60. The van der Waals surface area contributed by atoms with E-state index >= 15 is 0 Å². The zero-order chi connectivity index (χ0) is 17.9. The van der Waals surface area contributed by atoms with E-state index in [1.807, 2.05) is 6.20 Å².